The Hall–Kier alpha value is -2.10. The molecule has 3 aromatic rings. The van der Waals surface area contributed by atoms with Gasteiger partial charge in [-0.1, -0.05) is 41.9 Å². The predicted molar refractivity (Wildman–Crippen MR) is 90.3 cm³/mol. The van der Waals surface area contributed by atoms with Crippen molar-refractivity contribution in [2.75, 3.05) is 0 Å². The van der Waals surface area contributed by atoms with E-state index >= 15 is 0 Å². The first-order valence-electron chi connectivity index (χ1n) is 7.00. The molecule has 0 saturated heterocycles. The first-order valence-corrected chi connectivity index (χ1v) is 7.38. The third kappa shape index (κ3) is 2.78. The van der Waals surface area contributed by atoms with Crippen molar-refractivity contribution in [2.24, 2.45) is 0 Å². The lowest BCUT2D eigenvalue weighted by molar-refractivity contribution is 0.0786. The fraction of sp³-hybridized carbons (Fsp3) is 0.167. The molecule has 4 heteroatoms. The molecule has 112 valence electrons. The zero-order chi connectivity index (χ0) is 15.9. The topological polar surface area (TPSA) is 53.1 Å². The molecule has 2 aromatic carbocycles. The highest BCUT2D eigenvalue weighted by Gasteiger charge is 2.15. The lowest BCUT2D eigenvalue weighted by Gasteiger charge is -2.17. The number of fused-ring (bicyclic) bond motifs is 1. The van der Waals surface area contributed by atoms with Crippen molar-refractivity contribution in [3.8, 4) is 11.3 Å². The van der Waals surface area contributed by atoms with Crippen molar-refractivity contribution in [1.29, 1.82) is 0 Å². The molecule has 0 aliphatic heterocycles. The summed E-state index contributed by atoms with van der Waals surface area (Å²) in [4.78, 5) is 15.1. The highest BCUT2D eigenvalue weighted by atomic mass is 35.5. The number of benzene rings is 2. The normalized spacial score (nSPS) is 11.8. The number of rotatable bonds is 2. The molecule has 3 rings (SSSR count). The largest absolute Gasteiger partial charge is 0.386 e. The first-order chi connectivity index (χ1) is 10.3. The number of aromatic amines is 1. The van der Waals surface area contributed by atoms with E-state index < -0.39 is 5.60 Å². The van der Waals surface area contributed by atoms with Crippen molar-refractivity contribution < 1.29 is 5.11 Å². The lowest BCUT2D eigenvalue weighted by Crippen LogP contribution is -2.15. The van der Waals surface area contributed by atoms with E-state index in [-0.39, 0.29) is 5.56 Å². The van der Waals surface area contributed by atoms with E-state index in [0.29, 0.717) is 10.4 Å². The van der Waals surface area contributed by atoms with Crippen molar-refractivity contribution in [1.82, 2.24) is 4.98 Å². The summed E-state index contributed by atoms with van der Waals surface area (Å²) < 4.78 is 0. The second kappa shape index (κ2) is 5.27. The number of hydrogen-bond donors (Lipinski definition) is 2. The number of H-pyrrole nitrogens is 1. The predicted octanol–water partition coefficient (Wildman–Crippen LogP) is 4.08. The average molecular weight is 314 g/mol. The molecule has 0 spiro atoms. The van der Waals surface area contributed by atoms with Gasteiger partial charge in [-0.2, -0.15) is 0 Å². The molecule has 3 nitrogen and oxygen atoms in total. The monoisotopic (exact) mass is 313 g/mol. The Labute approximate surface area is 133 Å². The SMILES string of the molecule is CC(C)(O)c1ccc(-c2cc3ccc(Cl)cc3c(=O)[nH]2)cc1. The maximum Gasteiger partial charge on any atom is 0.256 e. The van der Waals surface area contributed by atoms with Gasteiger partial charge in [0.2, 0.25) is 0 Å². The summed E-state index contributed by atoms with van der Waals surface area (Å²) in [5.41, 5.74) is 1.41. The van der Waals surface area contributed by atoms with Crippen LogP contribution in [0.15, 0.2) is 53.3 Å². The third-order valence-electron chi connectivity index (χ3n) is 3.71. The van der Waals surface area contributed by atoms with E-state index in [9.17, 15) is 9.90 Å². The minimum Gasteiger partial charge on any atom is -0.386 e. The van der Waals surface area contributed by atoms with Gasteiger partial charge < -0.3 is 10.1 Å². The van der Waals surface area contributed by atoms with Gasteiger partial charge in [0.05, 0.1) is 5.60 Å². The zero-order valence-corrected chi connectivity index (χ0v) is 13.1. The van der Waals surface area contributed by atoms with E-state index in [4.69, 9.17) is 11.6 Å². The molecule has 2 N–H and O–H groups in total. The van der Waals surface area contributed by atoms with Gasteiger partial charge in [0, 0.05) is 16.1 Å². The molecule has 0 unspecified atom stereocenters. The van der Waals surface area contributed by atoms with Crippen LogP contribution in [-0.4, -0.2) is 10.1 Å². The molecule has 22 heavy (non-hydrogen) atoms. The van der Waals surface area contributed by atoms with Crippen molar-refractivity contribution in [3.63, 3.8) is 0 Å². The number of pyridine rings is 1. The summed E-state index contributed by atoms with van der Waals surface area (Å²) in [6.45, 7) is 3.48. The fourth-order valence-electron chi connectivity index (χ4n) is 2.45. The van der Waals surface area contributed by atoms with E-state index in [1.807, 2.05) is 36.4 Å². The van der Waals surface area contributed by atoms with Gasteiger partial charge in [-0.3, -0.25) is 4.79 Å². The molecule has 0 atom stereocenters. The summed E-state index contributed by atoms with van der Waals surface area (Å²) in [6, 6.07) is 14.7. The Balaban J connectivity index is 2.11. The molecule has 0 amide bonds. The highest BCUT2D eigenvalue weighted by Crippen LogP contribution is 2.25. The molecule has 0 fully saturated rings. The number of aromatic nitrogens is 1. The minimum absolute atomic E-state index is 0.165. The number of aliphatic hydroxyl groups is 1. The molecule has 0 aliphatic carbocycles. The smallest absolute Gasteiger partial charge is 0.256 e. The van der Waals surface area contributed by atoms with Crippen LogP contribution in [0.1, 0.15) is 19.4 Å². The van der Waals surface area contributed by atoms with Crippen LogP contribution in [-0.2, 0) is 5.60 Å². The van der Waals surface area contributed by atoms with Gasteiger partial charge in [0.25, 0.3) is 5.56 Å². The molecular formula is C18H16ClNO2. The summed E-state index contributed by atoms with van der Waals surface area (Å²) in [5.74, 6) is 0. The van der Waals surface area contributed by atoms with Gasteiger partial charge in [-0.25, -0.2) is 0 Å². The Kier molecular flexibility index (Phi) is 3.55. The molecule has 0 bridgehead atoms. The van der Waals surface area contributed by atoms with Gasteiger partial charge in [-0.05, 0) is 48.6 Å². The van der Waals surface area contributed by atoms with Crippen LogP contribution in [0.4, 0.5) is 0 Å². The van der Waals surface area contributed by atoms with E-state index in [2.05, 4.69) is 4.98 Å². The molecule has 1 aromatic heterocycles. The van der Waals surface area contributed by atoms with E-state index in [0.717, 1.165) is 22.2 Å². The molecule has 0 saturated carbocycles. The zero-order valence-electron chi connectivity index (χ0n) is 12.4. The van der Waals surface area contributed by atoms with Crippen LogP contribution in [0.5, 0.6) is 0 Å². The van der Waals surface area contributed by atoms with Crippen LogP contribution in [0.3, 0.4) is 0 Å². The summed E-state index contributed by atoms with van der Waals surface area (Å²) >= 11 is 5.93. The standard InChI is InChI=1S/C18H16ClNO2/c1-18(2,22)13-6-3-11(4-7-13)16-9-12-5-8-14(19)10-15(12)17(21)20-16/h3-10,22H,1-2H3,(H,20,21). The van der Waals surface area contributed by atoms with Crippen LogP contribution in [0.25, 0.3) is 22.0 Å². The van der Waals surface area contributed by atoms with Crippen molar-refractivity contribution in [2.45, 2.75) is 19.4 Å². The number of nitrogens with one attached hydrogen (secondary N) is 1. The van der Waals surface area contributed by atoms with Gasteiger partial charge >= 0.3 is 0 Å². The maximum absolute atomic E-state index is 12.2. The highest BCUT2D eigenvalue weighted by molar-refractivity contribution is 6.31. The quantitative estimate of drug-likeness (QED) is 0.749. The molecule has 1 heterocycles. The van der Waals surface area contributed by atoms with Gasteiger partial charge in [0.15, 0.2) is 0 Å². The summed E-state index contributed by atoms with van der Waals surface area (Å²) in [7, 11) is 0. The Bertz CT molecular complexity index is 890. The Morgan fingerprint density at radius 3 is 2.36 bits per heavy atom. The van der Waals surface area contributed by atoms with E-state index in [1.165, 1.54) is 0 Å². The summed E-state index contributed by atoms with van der Waals surface area (Å²) in [6.07, 6.45) is 0. The van der Waals surface area contributed by atoms with E-state index in [1.54, 1.807) is 26.0 Å². The van der Waals surface area contributed by atoms with Gasteiger partial charge in [0.1, 0.15) is 0 Å². The number of halogens is 1. The lowest BCUT2D eigenvalue weighted by atomic mass is 9.96. The molecule has 0 aliphatic rings. The third-order valence-corrected chi connectivity index (χ3v) is 3.95. The second-order valence-electron chi connectivity index (χ2n) is 5.88. The Morgan fingerprint density at radius 2 is 1.73 bits per heavy atom. The van der Waals surface area contributed by atoms with Gasteiger partial charge in [-0.15, -0.1) is 0 Å². The average Bonchev–Trinajstić information content (AvgIpc) is 2.47. The maximum atomic E-state index is 12.2. The van der Waals surface area contributed by atoms with Crippen molar-refractivity contribution in [3.05, 3.63) is 69.5 Å². The molecule has 0 radical (unpaired) electrons. The minimum atomic E-state index is -0.883. The Morgan fingerprint density at radius 1 is 1.05 bits per heavy atom. The summed E-state index contributed by atoms with van der Waals surface area (Å²) in [5, 5.41) is 11.9. The van der Waals surface area contributed by atoms with Crippen LogP contribution >= 0.6 is 11.6 Å². The van der Waals surface area contributed by atoms with Crippen LogP contribution in [0, 0.1) is 0 Å². The molecular weight excluding hydrogens is 298 g/mol. The van der Waals surface area contributed by atoms with Crippen molar-refractivity contribution >= 4 is 22.4 Å². The first kappa shape index (κ1) is 14.8. The second-order valence-corrected chi connectivity index (χ2v) is 6.32. The fourth-order valence-corrected chi connectivity index (χ4v) is 2.62. The number of hydrogen-bond acceptors (Lipinski definition) is 2. The van der Waals surface area contributed by atoms with Crippen LogP contribution in [0.2, 0.25) is 5.02 Å². The van der Waals surface area contributed by atoms with Crippen LogP contribution < -0.4 is 5.56 Å².